The summed E-state index contributed by atoms with van der Waals surface area (Å²) < 4.78 is 14.2. The summed E-state index contributed by atoms with van der Waals surface area (Å²) >= 11 is 3.45. The van der Waals surface area contributed by atoms with E-state index >= 15 is 0 Å². The van der Waals surface area contributed by atoms with Gasteiger partial charge < -0.3 is 0 Å². The molecule has 20 heavy (non-hydrogen) atoms. The van der Waals surface area contributed by atoms with Gasteiger partial charge in [0.15, 0.2) is 0 Å². The van der Waals surface area contributed by atoms with Crippen molar-refractivity contribution in [1.82, 2.24) is 5.43 Å². The highest BCUT2D eigenvalue weighted by atomic mass is 79.9. The first kappa shape index (κ1) is 15.2. The maximum absolute atomic E-state index is 13.3. The van der Waals surface area contributed by atoms with Crippen LogP contribution in [0.25, 0.3) is 0 Å². The maximum atomic E-state index is 13.3. The standard InChI is InChI=1S/C16H18BrFN2/c1-11-2-4-12(5-3-11)8-15(20-19)10-13-9-14(18)6-7-16(13)17/h2-7,9,15,20H,8,10,19H2,1H3. The quantitative estimate of drug-likeness (QED) is 0.647. The molecule has 106 valence electrons. The molecule has 0 aliphatic carbocycles. The Labute approximate surface area is 127 Å². The van der Waals surface area contributed by atoms with Crippen LogP contribution in [0.1, 0.15) is 16.7 Å². The van der Waals surface area contributed by atoms with Crippen molar-refractivity contribution in [3.63, 3.8) is 0 Å². The Balaban J connectivity index is 2.08. The van der Waals surface area contributed by atoms with Gasteiger partial charge in [0.05, 0.1) is 0 Å². The van der Waals surface area contributed by atoms with Gasteiger partial charge in [-0.25, -0.2) is 4.39 Å². The number of hydrogen-bond donors (Lipinski definition) is 2. The molecule has 0 spiro atoms. The van der Waals surface area contributed by atoms with E-state index in [1.165, 1.54) is 17.2 Å². The minimum atomic E-state index is -0.227. The van der Waals surface area contributed by atoms with E-state index in [2.05, 4.69) is 52.5 Å². The third kappa shape index (κ3) is 4.13. The number of aryl methyl sites for hydroxylation is 1. The molecule has 0 fully saturated rings. The van der Waals surface area contributed by atoms with E-state index < -0.39 is 0 Å². The van der Waals surface area contributed by atoms with Gasteiger partial charge in [-0.15, -0.1) is 0 Å². The normalized spacial score (nSPS) is 12.4. The second kappa shape index (κ2) is 6.97. The number of rotatable bonds is 5. The van der Waals surface area contributed by atoms with Gasteiger partial charge in [0.1, 0.15) is 5.82 Å². The fourth-order valence-electron chi connectivity index (χ4n) is 2.16. The Kier molecular flexibility index (Phi) is 5.29. The van der Waals surface area contributed by atoms with Gasteiger partial charge >= 0.3 is 0 Å². The first-order chi connectivity index (χ1) is 9.58. The van der Waals surface area contributed by atoms with Crippen LogP contribution in [0.3, 0.4) is 0 Å². The molecule has 2 aromatic rings. The number of nitrogens with two attached hydrogens (primary N) is 1. The summed E-state index contributed by atoms with van der Waals surface area (Å²) in [5.74, 6) is 5.40. The molecule has 2 nitrogen and oxygen atoms in total. The van der Waals surface area contributed by atoms with Crippen LogP contribution in [0.15, 0.2) is 46.9 Å². The van der Waals surface area contributed by atoms with Gasteiger partial charge in [0.25, 0.3) is 0 Å². The summed E-state index contributed by atoms with van der Waals surface area (Å²) in [4.78, 5) is 0. The number of benzene rings is 2. The molecule has 0 aromatic heterocycles. The predicted octanol–water partition coefficient (Wildman–Crippen LogP) is 3.51. The van der Waals surface area contributed by atoms with E-state index in [9.17, 15) is 4.39 Å². The lowest BCUT2D eigenvalue weighted by atomic mass is 9.99. The average Bonchev–Trinajstić information content (AvgIpc) is 2.44. The third-order valence-electron chi connectivity index (χ3n) is 3.31. The molecule has 0 aliphatic rings. The Bertz CT molecular complexity index is 569. The zero-order chi connectivity index (χ0) is 14.5. The molecule has 0 heterocycles. The molecule has 2 aromatic carbocycles. The topological polar surface area (TPSA) is 38.0 Å². The van der Waals surface area contributed by atoms with Crippen LogP contribution in [-0.4, -0.2) is 6.04 Å². The second-order valence-corrected chi connectivity index (χ2v) is 5.85. The van der Waals surface area contributed by atoms with Crippen molar-refractivity contribution in [2.24, 2.45) is 5.84 Å². The molecular weight excluding hydrogens is 319 g/mol. The number of nitrogens with one attached hydrogen (secondary N) is 1. The fraction of sp³-hybridized carbons (Fsp3) is 0.250. The summed E-state index contributed by atoms with van der Waals surface area (Å²) in [5, 5.41) is 0. The highest BCUT2D eigenvalue weighted by Gasteiger charge is 2.11. The molecule has 0 saturated carbocycles. The van der Waals surface area contributed by atoms with E-state index in [1.807, 2.05) is 0 Å². The molecule has 0 radical (unpaired) electrons. The molecule has 0 bridgehead atoms. The molecule has 4 heteroatoms. The number of halogens is 2. The summed E-state index contributed by atoms with van der Waals surface area (Å²) in [7, 11) is 0. The SMILES string of the molecule is Cc1ccc(CC(Cc2cc(F)ccc2Br)NN)cc1. The molecule has 2 rings (SSSR count). The first-order valence-corrected chi connectivity index (χ1v) is 7.33. The summed E-state index contributed by atoms with van der Waals surface area (Å²) in [5.41, 5.74) is 6.18. The smallest absolute Gasteiger partial charge is 0.123 e. The lowest BCUT2D eigenvalue weighted by molar-refractivity contribution is 0.519. The molecule has 3 N–H and O–H groups in total. The number of hydrogen-bond acceptors (Lipinski definition) is 2. The van der Waals surface area contributed by atoms with Crippen LogP contribution in [0.2, 0.25) is 0 Å². The van der Waals surface area contributed by atoms with Crippen molar-refractivity contribution in [3.8, 4) is 0 Å². The van der Waals surface area contributed by atoms with Crippen molar-refractivity contribution in [3.05, 3.63) is 69.4 Å². The van der Waals surface area contributed by atoms with Crippen LogP contribution >= 0.6 is 15.9 Å². The van der Waals surface area contributed by atoms with Crippen LogP contribution in [0, 0.1) is 12.7 Å². The van der Waals surface area contributed by atoms with E-state index in [0.717, 1.165) is 16.5 Å². The highest BCUT2D eigenvalue weighted by molar-refractivity contribution is 9.10. The summed E-state index contributed by atoms with van der Waals surface area (Å²) in [6, 6.07) is 13.1. The van der Waals surface area contributed by atoms with Crippen molar-refractivity contribution < 1.29 is 4.39 Å². The Morgan fingerprint density at radius 1 is 1.15 bits per heavy atom. The van der Waals surface area contributed by atoms with Crippen LogP contribution in [-0.2, 0) is 12.8 Å². The van der Waals surface area contributed by atoms with E-state index in [1.54, 1.807) is 12.1 Å². The molecule has 0 aliphatic heterocycles. The minimum absolute atomic E-state index is 0.0656. The number of hydrazine groups is 1. The maximum Gasteiger partial charge on any atom is 0.123 e. The molecule has 1 atom stereocenters. The Morgan fingerprint density at radius 2 is 1.85 bits per heavy atom. The van der Waals surface area contributed by atoms with Gasteiger partial charge in [-0.3, -0.25) is 11.3 Å². The highest BCUT2D eigenvalue weighted by Crippen LogP contribution is 2.20. The van der Waals surface area contributed by atoms with Gasteiger partial charge in [0.2, 0.25) is 0 Å². The van der Waals surface area contributed by atoms with Gasteiger partial charge in [0, 0.05) is 10.5 Å². The van der Waals surface area contributed by atoms with E-state index in [0.29, 0.717) is 6.42 Å². The van der Waals surface area contributed by atoms with Gasteiger partial charge in [-0.05, 0) is 49.1 Å². The van der Waals surface area contributed by atoms with Crippen molar-refractivity contribution in [2.45, 2.75) is 25.8 Å². The van der Waals surface area contributed by atoms with E-state index in [4.69, 9.17) is 5.84 Å². The third-order valence-corrected chi connectivity index (χ3v) is 4.09. The predicted molar refractivity (Wildman–Crippen MR) is 83.8 cm³/mol. The largest absolute Gasteiger partial charge is 0.271 e. The van der Waals surface area contributed by atoms with Gasteiger partial charge in [-0.2, -0.15) is 0 Å². The second-order valence-electron chi connectivity index (χ2n) is 4.99. The first-order valence-electron chi connectivity index (χ1n) is 6.54. The summed E-state index contributed by atoms with van der Waals surface area (Å²) in [6.07, 6.45) is 1.47. The zero-order valence-corrected chi connectivity index (χ0v) is 13.0. The van der Waals surface area contributed by atoms with Crippen molar-refractivity contribution >= 4 is 15.9 Å². The Morgan fingerprint density at radius 3 is 2.50 bits per heavy atom. The molecular formula is C16H18BrFN2. The van der Waals surface area contributed by atoms with Crippen LogP contribution in [0.5, 0.6) is 0 Å². The van der Waals surface area contributed by atoms with E-state index in [-0.39, 0.29) is 11.9 Å². The van der Waals surface area contributed by atoms with Crippen LogP contribution in [0.4, 0.5) is 4.39 Å². The molecule has 0 amide bonds. The van der Waals surface area contributed by atoms with Crippen molar-refractivity contribution in [1.29, 1.82) is 0 Å². The van der Waals surface area contributed by atoms with Crippen molar-refractivity contribution in [2.75, 3.05) is 0 Å². The molecule has 1 unspecified atom stereocenters. The summed E-state index contributed by atoms with van der Waals surface area (Å²) in [6.45, 7) is 2.06. The Hall–Kier alpha value is -1.23. The zero-order valence-electron chi connectivity index (χ0n) is 11.4. The molecule has 0 saturated heterocycles. The lowest BCUT2D eigenvalue weighted by Gasteiger charge is -2.17. The minimum Gasteiger partial charge on any atom is -0.271 e. The average molecular weight is 337 g/mol. The monoisotopic (exact) mass is 336 g/mol. The van der Waals surface area contributed by atoms with Crippen LogP contribution < -0.4 is 11.3 Å². The van der Waals surface area contributed by atoms with Gasteiger partial charge in [-0.1, -0.05) is 45.8 Å². The fourth-order valence-corrected chi connectivity index (χ4v) is 2.57. The lowest BCUT2D eigenvalue weighted by Crippen LogP contribution is -2.38.